The molecule has 0 aromatic heterocycles. The lowest BCUT2D eigenvalue weighted by Crippen LogP contribution is -2.28. The number of rotatable bonds is 1. The molecular weight excluding hydrogens is 258 g/mol. The SMILES string of the molecule is CC1(C)CN(c2cccc(Br)c2)C(=O)O1. The lowest BCUT2D eigenvalue weighted by atomic mass is 10.1. The molecule has 0 saturated carbocycles. The summed E-state index contributed by atoms with van der Waals surface area (Å²) >= 11 is 3.38. The smallest absolute Gasteiger partial charge is 0.415 e. The van der Waals surface area contributed by atoms with Crippen LogP contribution in [0.25, 0.3) is 0 Å². The molecule has 15 heavy (non-hydrogen) atoms. The maximum absolute atomic E-state index is 11.6. The molecule has 1 aromatic rings. The molecule has 4 heteroatoms. The van der Waals surface area contributed by atoms with Gasteiger partial charge in [0.1, 0.15) is 5.60 Å². The number of hydrogen-bond donors (Lipinski definition) is 0. The van der Waals surface area contributed by atoms with Crippen molar-refractivity contribution in [1.82, 2.24) is 0 Å². The van der Waals surface area contributed by atoms with E-state index < -0.39 is 5.60 Å². The summed E-state index contributed by atoms with van der Waals surface area (Å²) in [7, 11) is 0. The molecule has 1 aliphatic rings. The molecule has 0 N–H and O–H groups in total. The fraction of sp³-hybridized carbons (Fsp3) is 0.364. The lowest BCUT2D eigenvalue weighted by molar-refractivity contribution is 0.0871. The Kier molecular flexibility index (Phi) is 2.46. The van der Waals surface area contributed by atoms with Crippen LogP contribution in [-0.2, 0) is 4.74 Å². The number of anilines is 1. The highest BCUT2D eigenvalue weighted by molar-refractivity contribution is 9.10. The fourth-order valence-electron chi connectivity index (χ4n) is 1.61. The van der Waals surface area contributed by atoms with Crippen LogP contribution in [0.1, 0.15) is 13.8 Å². The zero-order chi connectivity index (χ0) is 11.1. The number of carbonyl (C=O) groups is 1. The second-order valence-electron chi connectivity index (χ2n) is 4.19. The van der Waals surface area contributed by atoms with Crippen molar-refractivity contribution in [2.24, 2.45) is 0 Å². The molecule has 0 radical (unpaired) electrons. The molecule has 0 unspecified atom stereocenters. The van der Waals surface area contributed by atoms with Crippen molar-refractivity contribution in [2.45, 2.75) is 19.4 Å². The fourth-order valence-corrected chi connectivity index (χ4v) is 2.00. The lowest BCUT2D eigenvalue weighted by Gasteiger charge is -2.15. The van der Waals surface area contributed by atoms with E-state index in [1.165, 1.54) is 0 Å². The molecule has 1 heterocycles. The van der Waals surface area contributed by atoms with Gasteiger partial charge in [0.15, 0.2) is 0 Å². The van der Waals surface area contributed by atoms with Gasteiger partial charge in [-0.1, -0.05) is 22.0 Å². The van der Waals surface area contributed by atoms with E-state index >= 15 is 0 Å². The van der Waals surface area contributed by atoms with E-state index in [0.717, 1.165) is 10.2 Å². The maximum Gasteiger partial charge on any atom is 0.415 e. The van der Waals surface area contributed by atoms with Gasteiger partial charge in [-0.15, -0.1) is 0 Å². The molecule has 0 spiro atoms. The van der Waals surface area contributed by atoms with Crippen LogP contribution in [0.5, 0.6) is 0 Å². The van der Waals surface area contributed by atoms with E-state index in [9.17, 15) is 4.79 Å². The summed E-state index contributed by atoms with van der Waals surface area (Å²) in [6.07, 6.45) is -0.280. The number of amides is 1. The predicted molar refractivity (Wildman–Crippen MR) is 62.0 cm³/mol. The molecule has 2 rings (SSSR count). The van der Waals surface area contributed by atoms with E-state index in [4.69, 9.17) is 4.74 Å². The number of cyclic esters (lactones) is 1. The summed E-state index contributed by atoms with van der Waals surface area (Å²) in [5.41, 5.74) is 0.458. The minimum atomic E-state index is -0.403. The van der Waals surface area contributed by atoms with Crippen LogP contribution in [-0.4, -0.2) is 18.2 Å². The number of nitrogens with zero attached hydrogens (tertiary/aromatic N) is 1. The maximum atomic E-state index is 11.6. The predicted octanol–water partition coefficient (Wildman–Crippen LogP) is 3.18. The van der Waals surface area contributed by atoms with E-state index in [2.05, 4.69) is 15.9 Å². The van der Waals surface area contributed by atoms with Gasteiger partial charge in [0, 0.05) is 10.2 Å². The highest BCUT2D eigenvalue weighted by Crippen LogP contribution is 2.28. The first-order valence-corrected chi connectivity index (χ1v) is 5.53. The summed E-state index contributed by atoms with van der Waals surface area (Å²) in [6.45, 7) is 4.40. The third-order valence-corrected chi connectivity index (χ3v) is 2.74. The Morgan fingerprint density at radius 2 is 2.20 bits per heavy atom. The Labute approximate surface area is 97.2 Å². The van der Waals surface area contributed by atoms with Crippen LogP contribution in [0.15, 0.2) is 28.7 Å². The summed E-state index contributed by atoms with van der Waals surface area (Å²) in [4.78, 5) is 13.2. The van der Waals surface area contributed by atoms with Crippen LogP contribution in [0, 0.1) is 0 Å². The standard InChI is InChI=1S/C11H12BrNO2/c1-11(2)7-13(10(14)15-11)9-5-3-4-8(12)6-9/h3-6H,7H2,1-2H3. The number of hydrogen-bond acceptors (Lipinski definition) is 2. The van der Waals surface area contributed by atoms with Crippen molar-refractivity contribution in [1.29, 1.82) is 0 Å². The van der Waals surface area contributed by atoms with Crippen LogP contribution in [0.2, 0.25) is 0 Å². The molecule has 1 aliphatic heterocycles. The Balaban J connectivity index is 2.29. The molecular formula is C11H12BrNO2. The van der Waals surface area contributed by atoms with E-state index in [-0.39, 0.29) is 6.09 Å². The Bertz CT molecular complexity index is 403. The number of carbonyl (C=O) groups excluding carboxylic acids is 1. The van der Waals surface area contributed by atoms with Crippen molar-refractivity contribution in [2.75, 3.05) is 11.4 Å². The first kappa shape index (κ1) is 10.5. The molecule has 0 aliphatic carbocycles. The van der Waals surface area contributed by atoms with Crippen molar-refractivity contribution in [3.8, 4) is 0 Å². The molecule has 1 aromatic carbocycles. The molecule has 1 fully saturated rings. The highest BCUT2D eigenvalue weighted by atomic mass is 79.9. The average Bonchev–Trinajstić information content (AvgIpc) is 2.40. The van der Waals surface area contributed by atoms with E-state index in [1.54, 1.807) is 4.90 Å². The van der Waals surface area contributed by atoms with E-state index in [0.29, 0.717) is 6.54 Å². The molecule has 1 saturated heterocycles. The minimum Gasteiger partial charge on any atom is -0.441 e. The van der Waals surface area contributed by atoms with Crippen LogP contribution < -0.4 is 4.90 Å². The largest absolute Gasteiger partial charge is 0.441 e. The Morgan fingerprint density at radius 3 is 2.73 bits per heavy atom. The number of halogens is 1. The van der Waals surface area contributed by atoms with Crippen molar-refractivity contribution in [3.63, 3.8) is 0 Å². The third kappa shape index (κ3) is 2.15. The summed E-state index contributed by atoms with van der Waals surface area (Å²) in [6, 6.07) is 7.63. The summed E-state index contributed by atoms with van der Waals surface area (Å²) < 4.78 is 6.18. The third-order valence-electron chi connectivity index (χ3n) is 2.24. The van der Waals surface area contributed by atoms with Gasteiger partial charge in [-0.25, -0.2) is 4.79 Å². The molecule has 80 valence electrons. The van der Waals surface area contributed by atoms with Gasteiger partial charge in [-0.05, 0) is 32.0 Å². The van der Waals surface area contributed by atoms with Gasteiger partial charge in [0.2, 0.25) is 0 Å². The quantitative estimate of drug-likeness (QED) is 0.784. The van der Waals surface area contributed by atoms with Crippen LogP contribution in [0.4, 0.5) is 10.5 Å². The summed E-state index contributed by atoms with van der Waals surface area (Å²) in [5.74, 6) is 0. The topological polar surface area (TPSA) is 29.5 Å². The van der Waals surface area contributed by atoms with Crippen LogP contribution in [0.3, 0.4) is 0 Å². The number of benzene rings is 1. The van der Waals surface area contributed by atoms with Gasteiger partial charge in [0.25, 0.3) is 0 Å². The van der Waals surface area contributed by atoms with Gasteiger partial charge in [0.05, 0.1) is 6.54 Å². The van der Waals surface area contributed by atoms with E-state index in [1.807, 2.05) is 38.1 Å². The first-order chi connectivity index (χ1) is 6.98. The monoisotopic (exact) mass is 269 g/mol. The van der Waals surface area contributed by atoms with Crippen molar-refractivity contribution < 1.29 is 9.53 Å². The number of ether oxygens (including phenoxy) is 1. The zero-order valence-corrected chi connectivity index (χ0v) is 10.2. The first-order valence-electron chi connectivity index (χ1n) is 4.74. The highest BCUT2D eigenvalue weighted by Gasteiger charge is 2.38. The Morgan fingerprint density at radius 1 is 1.47 bits per heavy atom. The second kappa shape index (κ2) is 3.52. The molecule has 1 amide bonds. The van der Waals surface area contributed by atoms with Gasteiger partial charge >= 0.3 is 6.09 Å². The van der Waals surface area contributed by atoms with Crippen molar-refractivity contribution >= 4 is 27.7 Å². The average molecular weight is 270 g/mol. The summed E-state index contributed by atoms with van der Waals surface area (Å²) in [5, 5.41) is 0. The minimum absolute atomic E-state index is 0.280. The molecule has 0 atom stereocenters. The van der Waals surface area contributed by atoms with Gasteiger partial charge in [-0.3, -0.25) is 4.90 Å². The molecule has 0 bridgehead atoms. The normalized spacial score (nSPS) is 19.1. The van der Waals surface area contributed by atoms with Crippen LogP contribution >= 0.6 is 15.9 Å². The van der Waals surface area contributed by atoms with Gasteiger partial charge in [-0.2, -0.15) is 0 Å². The Hall–Kier alpha value is -1.03. The van der Waals surface area contributed by atoms with Crippen molar-refractivity contribution in [3.05, 3.63) is 28.7 Å². The molecule has 3 nitrogen and oxygen atoms in total. The van der Waals surface area contributed by atoms with Gasteiger partial charge < -0.3 is 4.74 Å². The second-order valence-corrected chi connectivity index (χ2v) is 5.11. The zero-order valence-electron chi connectivity index (χ0n) is 8.66.